The van der Waals surface area contributed by atoms with Crippen molar-refractivity contribution < 1.29 is 18.7 Å². The van der Waals surface area contributed by atoms with Gasteiger partial charge >= 0.3 is 0 Å². The molecular weight excluding hydrogens is 377 g/mol. The summed E-state index contributed by atoms with van der Waals surface area (Å²) in [6.07, 6.45) is 0. The summed E-state index contributed by atoms with van der Waals surface area (Å²) in [5, 5.41) is 6.82. The van der Waals surface area contributed by atoms with Gasteiger partial charge in [-0.3, -0.25) is 9.59 Å². The number of amides is 1. The topological polar surface area (TPSA) is 82.5 Å². The molecule has 1 aromatic heterocycles. The first-order valence-electron chi connectivity index (χ1n) is 8.93. The predicted molar refractivity (Wildman–Crippen MR) is 104 cm³/mol. The summed E-state index contributed by atoms with van der Waals surface area (Å²) in [5.74, 6) is 0.413. The van der Waals surface area contributed by atoms with Crippen LogP contribution in [0, 0.1) is 5.82 Å². The summed E-state index contributed by atoms with van der Waals surface area (Å²) < 4.78 is 24.7. The van der Waals surface area contributed by atoms with Crippen molar-refractivity contribution in [3.05, 3.63) is 88.1 Å². The van der Waals surface area contributed by atoms with Crippen molar-refractivity contribution in [2.45, 2.75) is 13.1 Å². The lowest BCUT2D eigenvalue weighted by molar-refractivity contribution is 0.0942. The Morgan fingerprint density at radius 3 is 2.34 bits per heavy atom. The molecule has 1 heterocycles. The molecule has 0 saturated heterocycles. The van der Waals surface area contributed by atoms with Gasteiger partial charge < -0.3 is 14.8 Å². The van der Waals surface area contributed by atoms with Gasteiger partial charge in [0.1, 0.15) is 23.0 Å². The standard InChI is InChI=1S/C21H20FN3O4/c1-28-13-12-25-20(26)11-10-19(24-25)21(27)23-14-15-2-6-17(7-3-15)29-18-8-4-16(22)5-9-18/h2-11H,12-14H2,1H3,(H,23,27). The smallest absolute Gasteiger partial charge is 0.271 e. The molecule has 0 radical (unpaired) electrons. The van der Waals surface area contributed by atoms with E-state index in [0.29, 0.717) is 18.1 Å². The zero-order chi connectivity index (χ0) is 20.6. The van der Waals surface area contributed by atoms with Crippen LogP contribution in [0.2, 0.25) is 0 Å². The molecule has 0 fully saturated rings. The van der Waals surface area contributed by atoms with Crippen LogP contribution in [0.15, 0.2) is 65.5 Å². The number of aromatic nitrogens is 2. The molecule has 0 spiro atoms. The molecule has 3 rings (SSSR count). The first kappa shape index (κ1) is 20.2. The van der Waals surface area contributed by atoms with Gasteiger partial charge in [0.2, 0.25) is 0 Å². The lowest BCUT2D eigenvalue weighted by Crippen LogP contribution is -2.30. The number of rotatable bonds is 8. The predicted octanol–water partition coefficient (Wildman–Crippen LogP) is 2.75. The molecule has 8 heteroatoms. The fourth-order valence-corrected chi connectivity index (χ4v) is 2.49. The highest BCUT2D eigenvalue weighted by Crippen LogP contribution is 2.21. The number of methoxy groups -OCH3 is 1. The summed E-state index contributed by atoms with van der Waals surface area (Å²) in [6, 6.07) is 15.6. The van der Waals surface area contributed by atoms with Crippen LogP contribution in [0.25, 0.3) is 0 Å². The van der Waals surface area contributed by atoms with Gasteiger partial charge in [0, 0.05) is 19.7 Å². The molecule has 0 aliphatic heterocycles. The van der Waals surface area contributed by atoms with Crippen molar-refractivity contribution in [2.24, 2.45) is 0 Å². The van der Waals surface area contributed by atoms with E-state index in [9.17, 15) is 14.0 Å². The second-order valence-electron chi connectivity index (χ2n) is 6.16. The number of nitrogens with zero attached hydrogens (tertiary/aromatic N) is 2. The minimum atomic E-state index is -0.386. The van der Waals surface area contributed by atoms with Crippen LogP contribution in [0.3, 0.4) is 0 Å². The van der Waals surface area contributed by atoms with E-state index in [0.717, 1.165) is 5.56 Å². The second kappa shape index (κ2) is 9.61. The number of nitrogens with one attached hydrogen (secondary N) is 1. The molecule has 2 aromatic carbocycles. The SMILES string of the molecule is COCCn1nc(C(=O)NCc2ccc(Oc3ccc(F)cc3)cc2)ccc1=O. The lowest BCUT2D eigenvalue weighted by atomic mass is 10.2. The zero-order valence-corrected chi connectivity index (χ0v) is 15.8. The summed E-state index contributed by atoms with van der Waals surface area (Å²) in [5.41, 5.74) is 0.713. The van der Waals surface area contributed by atoms with Crippen LogP contribution in [0.5, 0.6) is 11.5 Å². The van der Waals surface area contributed by atoms with Gasteiger partial charge in [-0.2, -0.15) is 5.10 Å². The van der Waals surface area contributed by atoms with Crippen LogP contribution in [0.1, 0.15) is 16.1 Å². The summed E-state index contributed by atoms with van der Waals surface area (Å²) in [6.45, 7) is 0.880. The molecule has 7 nitrogen and oxygen atoms in total. The number of halogens is 1. The Morgan fingerprint density at radius 1 is 1.03 bits per heavy atom. The van der Waals surface area contributed by atoms with Crippen LogP contribution >= 0.6 is 0 Å². The molecule has 1 N–H and O–H groups in total. The number of carbonyl (C=O) groups is 1. The third-order valence-electron chi connectivity index (χ3n) is 4.03. The molecule has 0 aliphatic rings. The number of carbonyl (C=O) groups excluding carboxylic acids is 1. The zero-order valence-electron chi connectivity index (χ0n) is 15.8. The molecular formula is C21H20FN3O4. The number of hydrogen-bond donors (Lipinski definition) is 1. The minimum absolute atomic E-state index is 0.150. The molecule has 29 heavy (non-hydrogen) atoms. The van der Waals surface area contributed by atoms with Gasteiger partial charge in [-0.15, -0.1) is 0 Å². The molecule has 0 saturated carbocycles. The average molecular weight is 397 g/mol. The molecule has 3 aromatic rings. The van der Waals surface area contributed by atoms with Gasteiger partial charge in [-0.1, -0.05) is 12.1 Å². The highest BCUT2D eigenvalue weighted by Gasteiger charge is 2.09. The van der Waals surface area contributed by atoms with Crippen molar-refractivity contribution in [2.75, 3.05) is 13.7 Å². The van der Waals surface area contributed by atoms with Crippen LogP contribution < -0.4 is 15.6 Å². The molecule has 0 atom stereocenters. The lowest BCUT2D eigenvalue weighted by Gasteiger charge is -2.09. The largest absolute Gasteiger partial charge is 0.457 e. The third kappa shape index (κ3) is 5.73. The Kier molecular flexibility index (Phi) is 6.70. The summed E-state index contributed by atoms with van der Waals surface area (Å²) in [4.78, 5) is 24.1. The van der Waals surface area contributed by atoms with Gasteiger partial charge in [-0.25, -0.2) is 9.07 Å². The Balaban J connectivity index is 1.57. The first-order chi connectivity index (χ1) is 14.0. The van der Waals surface area contributed by atoms with Crippen molar-refractivity contribution in [1.82, 2.24) is 15.1 Å². The summed E-state index contributed by atoms with van der Waals surface area (Å²) in [7, 11) is 1.53. The maximum Gasteiger partial charge on any atom is 0.271 e. The average Bonchev–Trinajstić information content (AvgIpc) is 2.74. The summed E-state index contributed by atoms with van der Waals surface area (Å²) >= 11 is 0. The van der Waals surface area contributed by atoms with E-state index in [1.165, 1.54) is 36.1 Å². The highest BCUT2D eigenvalue weighted by atomic mass is 19.1. The van der Waals surface area contributed by atoms with Crippen LogP contribution in [-0.2, 0) is 17.8 Å². The Bertz CT molecular complexity index is 1020. The van der Waals surface area contributed by atoms with Gasteiger partial charge in [0.25, 0.3) is 11.5 Å². The van der Waals surface area contributed by atoms with Gasteiger partial charge in [0.05, 0.1) is 13.2 Å². The fourth-order valence-electron chi connectivity index (χ4n) is 2.49. The van der Waals surface area contributed by atoms with E-state index in [1.54, 1.807) is 24.3 Å². The molecule has 0 unspecified atom stereocenters. The van der Waals surface area contributed by atoms with E-state index in [2.05, 4.69) is 10.4 Å². The first-order valence-corrected chi connectivity index (χ1v) is 8.93. The van der Waals surface area contributed by atoms with Crippen LogP contribution in [-0.4, -0.2) is 29.4 Å². The van der Waals surface area contributed by atoms with Crippen molar-refractivity contribution in [1.29, 1.82) is 0 Å². The number of ether oxygens (including phenoxy) is 2. The number of hydrogen-bond acceptors (Lipinski definition) is 5. The minimum Gasteiger partial charge on any atom is -0.457 e. The second-order valence-corrected chi connectivity index (χ2v) is 6.16. The Hall–Kier alpha value is -3.52. The van der Waals surface area contributed by atoms with E-state index in [4.69, 9.17) is 9.47 Å². The van der Waals surface area contributed by atoms with E-state index in [-0.39, 0.29) is 36.1 Å². The van der Waals surface area contributed by atoms with Crippen molar-refractivity contribution in [3.63, 3.8) is 0 Å². The highest BCUT2D eigenvalue weighted by molar-refractivity contribution is 5.91. The third-order valence-corrected chi connectivity index (χ3v) is 4.03. The van der Waals surface area contributed by atoms with E-state index in [1.807, 2.05) is 12.1 Å². The molecule has 150 valence electrons. The maximum atomic E-state index is 12.9. The molecule has 0 aliphatic carbocycles. The van der Waals surface area contributed by atoms with Gasteiger partial charge in [-0.05, 0) is 48.0 Å². The Morgan fingerprint density at radius 2 is 1.69 bits per heavy atom. The normalized spacial score (nSPS) is 10.6. The van der Waals surface area contributed by atoms with E-state index < -0.39 is 0 Å². The quantitative estimate of drug-likeness (QED) is 0.632. The molecule has 1 amide bonds. The molecule has 0 bridgehead atoms. The van der Waals surface area contributed by atoms with Crippen molar-refractivity contribution >= 4 is 5.91 Å². The van der Waals surface area contributed by atoms with Gasteiger partial charge in [0.15, 0.2) is 0 Å². The van der Waals surface area contributed by atoms with E-state index >= 15 is 0 Å². The monoisotopic (exact) mass is 397 g/mol. The van der Waals surface area contributed by atoms with Crippen LogP contribution in [0.4, 0.5) is 4.39 Å². The van der Waals surface area contributed by atoms with Crippen molar-refractivity contribution in [3.8, 4) is 11.5 Å². The number of benzene rings is 2. The Labute approximate surface area is 166 Å². The maximum absolute atomic E-state index is 12.9. The fraction of sp³-hybridized carbons (Fsp3) is 0.190.